The Bertz CT molecular complexity index is 449. The van der Waals surface area contributed by atoms with Crippen molar-refractivity contribution in [3.05, 3.63) is 22.8 Å². The molecule has 0 radical (unpaired) electrons. The highest BCUT2D eigenvalue weighted by molar-refractivity contribution is 6.33. The zero-order valence-electron chi connectivity index (χ0n) is 12.3. The lowest BCUT2D eigenvalue weighted by Gasteiger charge is -2.25. The maximum absolute atomic E-state index is 12.5. The van der Waals surface area contributed by atoms with Crippen molar-refractivity contribution in [1.82, 2.24) is 9.88 Å². The molecule has 0 saturated carbocycles. The quantitative estimate of drug-likeness (QED) is 0.600. The van der Waals surface area contributed by atoms with Gasteiger partial charge in [0.25, 0.3) is 5.91 Å². The summed E-state index contributed by atoms with van der Waals surface area (Å²) in [6.07, 6.45) is 3.63. The van der Waals surface area contributed by atoms with E-state index in [0.717, 1.165) is 19.4 Å². The summed E-state index contributed by atoms with van der Waals surface area (Å²) in [4.78, 5) is 18.3. The van der Waals surface area contributed by atoms with Crippen LogP contribution in [0.4, 0.5) is 5.82 Å². The Kier molecular flexibility index (Phi) is 6.75. The van der Waals surface area contributed by atoms with Crippen LogP contribution in [0.15, 0.2) is 12.3 Å². The summed E-state index contributed by atoms with van der Waals surface area (Å²) < 4.78 is 0. The molecular weight excluding hydrogens is 276 g/mol. The van der Waals surface area contributed by atoms with Gasteiger partial charge in [-0.3, -0.25) is 4.79 Å². The third-order valence-corrected chi connectivity index (χ3v) is 3.82. The van der Waals surface area contributed by atoms with E-state index in [-0.39, 0.29) is 5.91 Å². The minimum absolute atomic E-state index is 0.0441. The molecule has 0 aliphatic carbocycles. The second kappa shape index (κ2) is 8.07. The fourth-order valence-corrected chi connectivity index (χ4v) is 2.28. The summed E-state index contributed by atoms with van der Waals surface area (Å²) in [6.45, 7) is 7.70. The highest BCUT2D eigenvalue weighted by atomic mass is 35.5. The van der Waals surface area contributed by atoms with Crippen molar-refractivity contribution in [2.24, 2.45) is 11.8 Å². The van der Waals surface area contributed by atoms with Crippen LogP contribution < -0.4 is 11.3 Å². The molecule has 1 aromatic rings. The van der Waals surface area contributed by atoms with Crippen molar-refractivity contribution in [3.8, 4) is 0 Å². The van der Waals surface area contributed by atoms with E-state index in [2.05, 4.69) is 24.3 Å². The van der Waals surface area contributed by atoms with Gasteiger partial charge < -0.3 is 10.3 Å². The summed E-state index contributed by atoms with van der Waals surface area (Å²) in [5.41, 5.74) is 2.87. The average molecular weight is 299 g/mol. The number of nitrogens with zero attached hydrogens (tertiary/aromatic N) is 2. The van der Waals surface area contributed by atoms with Crippen LogP contribution in [0.1, 0.15) is 44.0 Å². The maximum Gasteiger partial charge on any atom is 0.255 e. The first kappa shape index (κ1) is 16.7. The molecule has 0 saturated heterocycles. The van der Waals surface area contributed by atoms with E-state index in [0.29, 0.717) is 28.9 Å². The van der Waals surface area contributed by atoms with Crippen molar-refractivity contribution < 1.29 is 4.79 Å². The molecule has 0 unspecified atom stereocenters. The number of carbonyl (C=O) groups is 1. The number of anilines is 1. The first-order valence-electron chi connectivity index (χ1n) is 6.98. The fraction of sp³-hybridized carbons (Fsp3) is 0.571. The standard InChI is InChI=1S/C14H23ClN4O/c1-4-10(5-2)9-19(6-3)14(20)11-7-12(15)13(18-16)17-8-11/h7-8,10H,4-6,9,16H2,1-3H3,(H,17,18). The first-order valence-corrected chi connectivity index (χ1v) is 7.36. The second-order valence-corrected chi connectivity index (χ2v) is 5.13. The Morgan fingerprint density at radius 2 is 2.10 bits per heavy atom. The van der Waals surface area contributed by atoms with Gasteiger partial charge in [-0.25, -0.2) is 10.8 Å². The van der Waals surface area contributed by atoms with E-state index in [9.17, 15) is 4.79 Å². The van der Waals surface area contributed by atoms with Crippen LogP contribution in [0.2, 0.25) is 5.02 Å². The number of hydrogen-bond acceptors (Lipinski definition) is 4. The molecule has 1 rings (SSSR count). The Labute approximate surface area is 125 Å². The second-order valence-electron chi connectivity index (χ2n) is 4.73. The van der Waals surface area contributed by atoms with E-state index < -0.39 is 0 Å². The molecule has 0 fully saturated rings. The van der Waals surface area contributed by atoms with Gasteiger partial charge >= 0.3 is 0 Å². The van der Waals surface area contributed by atoms with Crippen LogP contribution in [0.5, 0.6) is 0 Å². The molecule has 0 spiro atoms. The molecule has 0 aliphatic rings. The molecule has 0 aromatic carbocycles. The molecule has 1 amide bonds. The van der Waals surface area contributed by atoms with Gasteiger partial charge in [0.1, 0.15) is 0 Å². The van der Waals surface area contributed by atoms with Crippen molar-refractivity contribution in [2.45, 2.75) is 33.6 Å². The smallest absolute Gasteiger partial charge is 0.255 e. The van der Waals surface area contributed by atoms with Gasteiger partial charge in [-0.05, 0) is 18.9 Å². The Hall–Kier alpha value is -1.33. The Morgan fingerprint density at radius 3 is 2.55 bits per heavy atom. The summed E-state index contributed by atoms with van der Waals surface area (Å²) in [5.74, 6) is 6.12. The summed E-state index contributed by atoms with van der Waals surface area (Å²) >= 11 is 6.01. The minimum Gasteiger partial charge on any atom is -0.339 e. The third kappa shape index (κ3) is 4.08. The number of carbonyl (C=O) groups excluding carboxylic acids is 1. The molecule has 0 aliphatic heterocycles. The summed E-state index contributed by atoms with van der Waals surface area (Å²) in [5, 5.41) is 0.344. The predicted octanol–water partition coefficient (Wildman–Crippen LogP) is 2.92. The number of nitrogens with two attached hydrogens (primary N) is 1. The lowest BCUT2D eigenvalue weighted by Crippen LogP contribution is -2.35. The number of amides is 1. The van der Waals surface area contributed by atoms with E-state index in [1.165, 1.54) is 6.20 Å². The van der Waals surface area contributed by atoms with Gasteiger partial charge in [0.2, 0.25) is 0 Å². The largest absolute Gasteiger partial charge is 0.339 e. The number of hydrazine groups is 1. The van der Waals surface area contributed by atoms with Crippen molar-refractivity contribution in [2.75, 3.05) is 18.5 Å². The molecule has 0 atom stereocenters. The van der Waals surface area contributed by atoms with Crippen LogP contribution in [0.25, 0.3) is 0 Å². The lowest BCUT2D eigenvalue weighted by atomic mass is 10.0. The monoisotopic (exact) mass is 298 g/mol. The number of nitrogen functional groups attached to an aromatic ring is 1. The van der Waals surface area contributed by atoms with Gasteiger partial charge in [0.05, 0.1) is 10.6 Å². The minimum atomic E-state index is -0.0441. The van der Waals surface area contributed by atoms with E-state index in [4.69, 9.17) is 17.4 Å². The van der Waals surface area contributed by atoms with Crippen molar-refractivity contribution in [3.63, 3.8) is 0 Å². The molecule has 1 aromatic heterocycles. The Morgan fingerprint density at radius 1 is 1.45 bits per heavy atom. The highest BCUT2D eigenvalue weighted by Gasteiger charge is 2.18. The van der Waals surface area contributed by atoms with Gasteiger partial charge in [-0.15, -0.1) is 0 Å². The molecule has 6 heteroatoms. The average Bonchev–Trinajstić information content (AvgIpc) is 2.48. The zero-order valence-corrected chi connectivity index (χ0v) is 13.1. The topological polar surface area (TPSA) is 71.2 Å². The third-order valence-electron chi connectivity index (χ3n) is 3.53. The van der Waals surface area contributed by atoms with Gasteiger partial charge in [-0.1, -0.05) is 38.3 Å². The molecule has 20 heavy (non-hydrogen) atoms. The van der Waals surface area contributed by atoms with Crippen molar-refractivity contribution >= 4 is 23.3 Å². The van der Waals surface area contributed by atoms with E-state index >= 15 is 0 Å². The zero-order chi connectivity index (χ0) is 15.1. The molecule has 0 bridgehead atoms. The SMILES string of the molecule is CCC(CC)CN(CC)C(=O)c1cnc(NN)c(Cl)c1. The van der Waals surface area contributed by atoms with Crippen LogP contribution in [0, 0.1) is 5.92 Å². The number of pyridine rings is 1. The van der Waals surface area contributed by atoms with Crippen LogP contribution in [-0.4, -0.2) is 28.9 Å². The number of nitrogens with one attached hydrogen (secondary N) is 1. The van der Waals surface area contributed by atoms with E-state index in [1.54, 1.807) is 6.07 Å². The van der Waals surface area contributed by atoms with Gasteiger partial charge in [0, 0.05) is 19.3 Å². The molecular formula is C14H23ClN4O. The van der Waals surface area contributed by atoms with Crippen molar-refractivity contribution in [1.29, 1.82) is 0 Å². The molecule has 5 nitrogen and oxygen atoms in total. The van der Waals surface area contributed by atoms with Crippen LogP contribution in [-0.2, 0) is 0 Å². The molecule has 112 valence electrons. The number of aromatic nitrogens is 1. The van der Waals surface area contributed by atoms with Crippen LogP contribution >= 0.6 is 11.6 Å². The summed E-state index contributed by atoms with van der Waals surface area (Å²) in [6, 6.07) is 1.60. The lowest BCUT2D eigenvalue weighted by molar-refractivity contribution is 0.0734. The first-order chi connectivity index (χ1) is 9.57. The Balaban J connectivity index is 2.88. The highest BCUT2D eigenvalue weighted by Crippen LogP contribution is 2.20. The van der Waals surface area contributed by atoms with E-state index in [1.807, 2.05) is 11.8 Å². The fourth-order valence-electron chi connectivity index (χ4n) is 2.06. The molecule has 1 heterocycles. The van der Waals surface area contributed by atoms with Crippen LogP contribution in [0.3, 0.4) is 0 Å². The number of halogens is 1. The predicted molar refractivity (Wildman–Crippen MR) is 82.7 cm³/mol. The van der Waals surface area contributed by atoms with Gasteiger partial charge in [0.15, 0.2) is 5.82 Å². The number of hydrogen-bond donors (Lipinski definition) is 2. The van der Waals surface area contributed by atoms with Gasteiger partial charge in [-0.2, -0.15) is 0 Å². The normalized spacial score (nSPS) is 10.7. The maximum atomic E-state index is 12.5. The summed E-state index contributed by atoms with van der Waals surface area (Å²) in [7, 11) is 0. The number of rotatable bonds is 7. The molecule has 3 N–H and O–H groups in total.